The highest BCUT2D eigenvalue weighted by Crippen LogP contribution is 2.28. The van der Waals surface area contributed by atoms with Gasteiger partial charge >= 0.3 is 0 Å². The molecule has 2 unspecified atom stereocenters. The molecular weight excluding hydrogens is 316 g/mol. The predicted octanol–water partition coefficient (Wildman–Crippen LogP) is 3.18. The molecule has 0 radical (unpaired) electrons. The number of likely N-dealkylation sites (tertiary alicyclic amines) is 1. The number of aromatic nitrogens is 1. The zero-order valence-electron chi connectivity index (χ0n) is 12.6. The van der Waals surface area contributed by atoms with Crippen LogP contribution in [-0.2, 0) is 11.2 Å². The van der Waals surface area contributed by atoms with Crippen molar-refractivity contribution in [3.8, 4) is 9.88 Å². The third-order valence-electron chi connectivity index (χ3n) is 3.93. The fraction of sp³-hybridized carbons (Fsp3) is 0.500. The lowest BCUT2D eigenvalue weighted by atomic mass is 10.1. The lowest BCUT2D eigenvalue weighted by molar-refractivity contribution is -0.131. The third-order valence-corrected chi connectivity index (χ3v) is 5.86. The van der Waals surface area contributed by atoms with Gasteiger partial charge in [0.2, 0.25) is 5.91 Å². The van der Waals surface area contributed by atoms with Crippen LogP contribution in [0.5, 0.6) is 0 Å². The Balaban J connectivity index is 1.64. The first-order valence-corrected chi connectivity index (χ1v) is 9.35. The van der Waals surface area contributed by atoms with E-state index >= 15 is 0 Å². The van der Waals surface area contributed by atoms with Gasteiger partial charge in [-0.2, -0.15) is 0 Å². The van der Waals surface area contributed by atoms with Crippen LogP contribution < -0.4 is 0 Å². The van der Waals surface area contributed by atoms with Crippen molar-refractivity contribution in [2.45, 2.75) is 44.8 Å². The second-order valence-electron chi connectivity index (χ2n) is 5.77. The molecule has 1 amide bonds. The maximum absolute atomic E-state index is 12.5. The smallest absolute Gasteiger partial charge is 0.228 e. The van der Waals surface area contributed by atoms with Gasteiger partial charge in [0, 0.05) is 18.0 Å². The molecule has 3 heterocycles. The SMILES string of the molecule is CC(O)CC1CCCN1C(=O)Cc1csc(-c2cccs2)n1. The summed E-state index contributed by atoms with van der Waals surface area (Å²) in [4.78, 5) is 20.2. The molecule has 1 aliphatic rings. The molecule has 3 rings (SSSR count). The molecule has 6 heteroatoms. The Kier molecular flexibility index (Phi) is 4.90. The number of rotatable bonds is 5. The molecule has 4 nitrogen and oxygen atoms in total. The average Bonchev–Trinajstić information content (AvgIpc) is 3.18. The summed E-state index contributed by atoms with van der Waals surface area (Å²) in [6.45, 7) is 2.59. The molecule has 1 aliphatic heterocycles. The van der Waals surface area contributed by atoms with Gasteiger partial charge in [0.15, 0.2) is 0 Å². The standard InChI is InChI=1S/C16H20N2O2S2/c1-11(19)8-13-4-2-6-18(13)15(20)9-12-10-22-16(17-12)14-5-3-7-21-14/h3,5,7,10-11,13,19H,2,4,6,8-9H2,1H3. The molecular formula is C16H20N2O2S2. The number of aliphatic hydroxyl groups excluding tert-OH is 1. The second-order valence-corrected chi connectivity index (χ2v) is 7.57. The topological polar surface area (TPSA) is 53.4 Å². The maximum atomic E-state index is 12.5. The summed E-state index contributed by atoms with van der Waals surface area (Å²) >= 11 is 3.26. The Morgan fingerprint density at radius 3 is 3.14 bits per heavy atom. The Morgan fingerprint density at radius 1 is 1.55 bits per heavy atom. The van der Waals surface area contributed by atoms with Crippen LogP contribution in [0.25, 0.3) is 9.88 Å². The number of carbonyl (C=O) groups excluding carboxylic acids is 1. The monoisotopic (exact) mass is 336 g/mol. The molecule has 22 heavy (non-hydrogen) atoms. The summed E-state index contributed by atoms with van der Waals surface area (Å²) in [6.07, 6.45) is 2.69. The number of hydrogen-bond acceptors (Lipinski definition) is 5. The molecule has 1 N–H and O–H groups in total. The van der Waals surface area contributed by atoms with E-state index in [1.54, 1.807) is 29.6 Å². The number of aliphatic hydroxyl groups is 1. The van der Waals surface area contributed by atoms with E-state index < -0.39 is 0 Å². The highest BCUT2D eigenvalue weighted by Gasteiger charge is 2.29. The minimum atomic E-state index is -0.358. The molecule has 118 valence electrons. The van der Waals surface area contributed by atoms with Gasteiger partial charge in [0.25, 0.3) is 0 Å². The number of thiazole rings is 1. The second kappa shape index (κ2) is 6.89. The van der Waals surface area contributed by atoms with Crippen LogP contribution in [0.1, 0.15) is 31.9 Å². The summed E-state index contributed by atoms with van der Waals surface area (Å²) < 4.78 is 0. The number of carbonyl (C=O) groups is 1. The van der Waals surface area contributed by atoms with Crippen LogP contribution >= 0.6 is 22.7 Å². The van der Waals surface area contributed by atoms with Crippen molar-refractivity contribution in [2.75, 3.05) is 6.54 Å². The molecule has 2 aromatic heterocycles. The average molecular weight is 336 g/mol. The van der Waals surface area contributed by atoms with Crippen molar-refractivity contribution in [1.82, 2.24) is 9.88 Å². The van der Waals surface area contributed by atoms with Crippen molar-refractivity contribution in [3.63, 3.8) is 0 Å². The Bertz CT molecular complexity index is 622. The van der Waals surface area contributed by atoms with E-state index in [0.717, 1.165) is 35.0 Å². The van der Waals surface area contributed by atoms with Crippen molar-refractivity contribution in [2.24, 2.45) is 0 Å². The zero-order chi connectivity index (χ0) is 15.5. The van der Waals surface area contributed by atoms with E-state index in [2.05, 4.69) is 4.98 Å². The molecule has 1 saturated heterocycles. The first-order chi connectivity index (χ1) is 10.6. The van der Waals surface area contributed by atoms with Crippen molar-refractivity contribution in [1.29, 1.82) is 0 Å². The molecule has 2 atom stereocenters. The molecule has 1 fully saturated rings. The van der Waals surface area contributed by atoms with E-state index in [9.17, 15) is 9.90 Å². The summed E-state index contributed by atoms with van der Waals surface area (Å²) in [7, 11) is 0. The van der Waals surface area contributed by atoms with Gasteiger partial charge in [-0.15, -0.1) is 22.7 Å². The fourth-order valence-electron chi connectivity index (χ4n) is 2.96. The summed E-state index contributed by atoms with van der Waals surface area (Å²) in [6, 6.07) is 4.24. The number of hydrogen-bond donors (Lipinski definition) is 1. The normalized spacial score (nSPS) is 19.5. The number of thiophene rings is 1. The minimum absolute atomic E-state index is 0.131. The van der Waals surface area contributed by atoms with Crippen LogP contribution in [0.2, 0.25) is 0 Å². The quantitative estimate of drug-likeness (QED) is 0.912. The zero-order valence-corrected chi connectivity index (χ0v) is 14.2. The molecule has 0 bridgehead atoms. The van der Waals surface area contributed by atoms with Crippen LogP contribution in [-0.4, -0.2) is 39.6 Å². The maximum Gasteiger partial charge on any atom is 0.228 e. The minimum Gasteiger partial charge on any atom is -0.393 e. The van der Waals surface area contributed by atoms with E-state index in [1.165, 1.54) is 0 Å². The largest absolute Gasteiger partial charge is 0.393 e. The Labute approximate surface area is 138 Å². The lowest BCUT2D eigenvalue weighted by Gasteiger charge is -2.25. The summed E-state index contributed by atoms with van der Waals surface area (Å²) in [5.74, 6) is 0.131. The van der Waals surface area contributed by atoms with E-state index in [1.807, 2.05) is 27.8 Å². The third kappa shape index (κ3) is 3.56. The molecule has 0 aromatic carbocycles. The Morgan fingerprint density at radius 2 is 2.41 bits per heavy atom. The van der Waals surface area contributed by atoms with E-state index in [-0.39, 0.29) is 18.1 Å². The van der Waals surface area contributed by atoms with Gasteiger partial charge in [-0.1, -0.05) is 6.07 Å². The molecule has 2 aromatic rings. The van der Waals surface area contributed by atoms with Gasteiger partial charge in [-0.25, -0.2) is 4.98 Å². The molecule has 0 spiro atoms. The number of amides is 1. The Hall–Kier alpha value is -1.24. The van der Waals surface area contributed by atoms with Gasteiger partial charge < -0.3 is 10.0 Å². The first kappa shape index (κ1) is 15.6. The highest BCUT2D eigenvalue weighted by molar-refractivity contribution is 7.20. The van der Waals surface area contributed by atoms with E-state index in [4.69, 9.17) is 0 Å². The van der Waals surface area contributed by atoms with Crippen LogP contribution in [0, 0.1) is 0 Å². The molecule has 0 saturated carbocycles. The van der Waals surface area contributed by atoms with Crippen LogP contribution in [0.3, 0.4) is 0 Å². The lowest BCUT2D eigenvalue weighted by Crippen LogP contribution is -2.38. The molecule has 0 aliphatic carbocycles. The van der Waals surface area contributed by atoms with Gasteiger partial charge in [0.05, 0.1) is 23.1 Å². The van der Waals surface area contributed by atoms with Crippen LogP contribution in [0.15, 0.2) is 22.9 Å². The fourth-order valence-corrected chi connectivity index (χ4v) is 4.59. The summed E-state index contributed by atoms with van der Waals surface area (Å²) in [5, 5.41) is 14.6. The van der Waals surface area contributed by atoms with Crippen molar-refractivity contribution >= 4 is 28.6 Å². The van der Waals surface area contributed by atoms with Crippen LogP contribution in [0.4, 0.5) is 0 Å². The van der Waals surface area contributed by atoms with Crippen molar-refractivity contribution in [3.05, 3.63) is 28.6 Å². The van der Waals surface area contributed by atoms with E-state index in [0.29, 0.717) is 12.8 Å². The number of nitrogens with zero attached hydrogens (tertiary/aromatic N) is 2. The summed E-state index contributed by atoms with van der Waals surface area (Å²) in [5.41, 5.74) is 0.848. The highest BCUT2D eigenvalue weighted by atomic mass is 32.1. The van der Waals surface area contributed by atoms with Gasteiger partial charge in [-0.3, -0.25) is 4.79 Å². The first-order valence-electron chi connectivity index (χ1n) is 7.59. The van der Waals surface area contributed by atoms with Gasteiger partial charge in [-0.05, 0) is 37.6 Å². The van der Waals surface area contributed by atoms with Gasteiger partial charge in [0.1, 0.15) is 5.01 Å². The van der Waals surface area contributed by atoms with Crippen molar-refractivity contribution < 1.29 is 9.90 Å². The predicted molar refractivity (Wildman–Crippen MR) is 90.2 cm³/mol.